The molecule has 2 saturated heterocycles. The fourth-order valence-electron chi connectivity index (χ4n) is 4.42. The molecule has 1 spiro atoms. The predicted octanol–water partition coefficient (Wildman–Crippen LogP) is 3.54. The van der Waals surface area contributed by atoms with E-state index in [2.05, 4.69) is 15.2 Å². The average Bonchev–Trinajstić information content (AvgIpc) is 3.44. The lowest BCUT2D eigenvalue weighted by Crippen LogP contribution is -2.57. The van der Waals surface area contributed by atoms with E-state index in [1.54, 1.807) is 28.9 Å². The summed E-state index contributed by atoms with van der Waals surface area (Å²) in [6.07, 6.45) is 2.93. The van der Waals surface area contributed by atoms with Gasteiger partial charge < -0.3 is 19.5 Å². The van der Waals surface area contributed by atoms with E-state index in [0.29, 0.717) is 44.1 Å². The summed E-state index contributed by atoms with van der Waals surface area (Å²) in [6.45, 7) is 1.51. The van der Waals surface area contributed by atoms with Crippen LogP contribution in [0.25, 0.3) is 0 Å². The third kappa shape index (κ3) is 3.86. The molecule has 0 saturated carbocycles. The number of furan rings is 1. The van der Waals surface area contributed by atoms with Gasteiger partial charge in [-0.05, 0) is 49.2 Å². The van der Waals surface area contributed by atoms with Crippen LogP contribution in [0, 0.1) is 0 Å². The van der Waals surface area contributed by atoms with Crippen molar-refractivity contribution in [3.05, 3.63) is 78.4 Å². The van der Waals surface area contributed by atoms with Crippen LogP contribution in [0.2, 0.25) is 0 Å². The second-order valence-electron chi connectivity index (χ2n) is 7.97. The Bertz CT molecular complexity index is 1090. The summed E-state index contributed by atoms with van der Waals surface area (Å²) in [6, 6.07) is 19.3. The van der Waals surface area contributed by atoms with Crippen LogP contribution >= 0.6 is 11.8 Å². The van der Waals surface area contributed by atoms with Crippen molar-refractivity contribution >= 4 is 29.3 Å². The molecule has 0 unspecified atom stereocenters. The Morgan fingerprint density at radius 3 is 2.59 bits per heavy atom. The van der Waals surface area contributed by atoms with Crippen molar-refractivity contribution in [3.63, 3.8) is 0 Å². The fraction of sp³-hybridized carbons (Fsp3) is 0.292. The number of likely N-dealkylation sites (tertiary alicyclic amines) is 1. The van der Waals surface area contributed by atoms with E-state index in [1.165, 1.54) is 0 Å². The van der Waals surface area contributed by atoms with Gasteiger partial charge in [-0.15, -0.1) is 0 Å². The van der Waals surface area contributed by atoms with Crippen molar-refractivity contribution < 1.29 is 14.0 Å². The molecule has 2 aromatic heterocycles. The molecular weight excluding hydrogens is 424 g/mol. The number of amides is 2. The number of benzene rings is 1. The Hall–Kier alpha value is -3.26. The zero-order valence-electron chi connectivity index (χ0n) is 17.6. The highest BCUT2D eigenvalue weighted by Crippen LogP contribution is 2.36. The van der Waals surface area contributed by atoms with Crippen molar-refractivity contribution in [1.29, 1.82) is 0 Å². The fourth-order valence-corrected chi connectivity index (χ4v) is 5.17. The number of piperidine rings is 1. The van der Waals surface area contributed by atoms with Gasteiger partial charge in [0.1, 0.15) is 11.3 Å². The molecule has 32 heavy (non-hydrogen) atoms. The molecule has 0 atom stereocenters. The summed E-state index contributed by atoms with van der Waals surface area (Å²) in [5, 5.41) is 3.91. The standard InChI is InChI=1S/C24H24N4O3S/c29-22(20-10-9-19(31-20)16-32-21-8-4-5-13-25-21)27-14-11-24(12-15-27)23(30)26-17-28(24)18-6-2-1-3-7-18/h1-10,13H,11-12,14-17H2,(H,26,30). The van der Waals surface area contributed by atoms with Crippen molar-refractivity contribution in [2.75, 3.05) is 24.7 Å². The van der Waals surface area contributed by atoms with E-state index in [9.17, 15) is 9.59 Å². The molecule has 3 aromatic rings. The molecule has 8 heteroatoms. The van der Waals surface area contributed by atoms with Gasteiger partial charge in [-0.1, -0.05) is 36.0 Å². The number of anilines is 1. The number of carbonyl (C=O) groups excluding carboxylic acids is 2. The lowest BCUT2D eigenvalue weighted by molar-refractivity contribution is -0.124. The maximum absolute atomic E-state index is 13.0. The van der Waals surface area contributed by atoms with Crippen LogP contribution in [-0.2, 0) is 10.5 Å². The Labute approximate surface area is 190 Å². The van der Waals surface area contributed by atoms with Gasteiger partial charge in [-0.3, -0.25) is 9.59 Å². The molecule has 0 bridgehead atoms. The first-order chi connectivity index (χ1) is 15.7. The van der Waals surface area contributed by atoms with Gasteiger partial charge in [0.25, 0.3) is 5.91 Å². The second-order valence-corrected chi connectivity index (χ2v) is 8.97. The molecular formula is C24H24N4O3S. The highest BCUT2D eigenvalue weighted by atomic mass is 32.2. The van der Waals surface area contributed by atoms with E-state index < -0.39 is 5.54 Å². The van der Waals surface area contributed by atoms with Crippen LogP contribution in [0.1, 0.15) is 29.2 Å². The van der Waals surface area contributed by atoms with Gasteiger partial charge in [0.05, 0.1) is 17.4 Å². The topological polar surface area (TPSA) is 78.7 Å². The van der Waals surface area contributed by atoms with E-state index in [1.807, 2.05) is 54.6 Å². The molecule has 2 aliphatic rings. The molecule has 5 rings (SSSR count). The Kier molecular flexibility index (Phi) is 5.61. The average molecular weight is 449 g/mol. The Balaban J connectivity index is 1.23. The molecule has 2 aliphatic heterocycles. The zero-order valence-corrected chi connectivity index (χ0v) is 18.4. The van der Waals surface area contributed by atoms with Crippen LogP contribution in [0.5, 0.6) is 0 Å². The largest absolute Gasteiger partial charge is 0.455 e. The number of aromatic nitrogens is 1. The van der Waals surface area contributed by atoms with Crippen LogP contribution in [0.4, 0.5) is 5.69 Å². The number of nitrogens with zero attached hydrogens (tertiary/aromatic N) is 3. The van der Waals surface area contributed by atoms with Gasteiger partial charge in [-0.25, -0.2) is 4.98 Å². The Morgan fingerprint density at radius 2 is 1.84 bits per heavy atom. The third-order valence-electron chi connectivity index (χ3n) is 6.16. The summed E-state index contributed by atoms with van der Waals surface area (Å²) in [5.74, 6) is 1.61. The molecule has 1 N–H and O–H groups in total. The van der Waals surface area contributed by atoms with Crippen LogP contribution in [0.3, 0.4) is 0 Å². The molecule has 7 nitrogen and oxygen atoms in total. The lowest BCUT2D eigenvalue weighted by Gasteiger charge is -2.43. The normalized spacial score (nSPS) is 17.6. The van der Waals surface area contributed by atoms with Gasteiger partial charge >= 0.3 is 0 Å². The molecule has 2 amide bonds. The summed E-state index contributed by atoms with van der Waals surface area (Å²) in [5.41, 5.74) is 0.415. The SMILES string of the molecule is O=C(c1ccc(CSc2ccccn2)o1)N1CCC2(CC1)C(=O)NCN2c1ccccc1. The first-order valence-electron chi connectivity index (χ1n) is 10.7. The van der Waals surface area contributed by atoms with Crippen LogP contribution < -0.4 is 10.2 Å². The first kappa shape index (κ1) is 20.6. The summed E-state index contributed by atoms with van der Waals surface area (Å²) in [4.78, 5) is 34.0. The van der Waals surface area contributed by atoms with Crippen molar-refractivity contribution in [2.45, 2.75) is 29.2 Å². The number of pyridine rings is 1. The quantitative estimate of drug-likeness (QED) is 0.602. The smallest absolute Gasteiger partial charge is 0.289 e. The molecule has 2 fully saturated rings. The Morgan fingerprint density at radius 1 is 1.06 bits per heavy atom. The summed E-state index contributed by atoms with van der Waals surface area (Å²) >= 11 is 1.57. The van der Waals surface area contributed by atoms with Gasteiger partial charge in [-0.2, -0.15) is 0 Å². The minimum absolute atomic E-state index is 0.0419. The second kappa shape index (κ2) is 8.70. The maximum Gasteiger partial charge on any atom is 0.289 e. The molecule has 164 valence electrons. The number of para-hydroxylation sites is 1. The number of rotatable bonds is 5. The van der Waals surface area contributed by atoms with Gasteiger partial charge in [0.2, 0.25) is 5.91 Å². The van der Waals surface area contributed by atoms with E-state index in [-0.39, 0.29) is 11.8 Å². The highest BCUT2D eigenvalue weighted by Gasteiger charge is 2.50. The monoisotopic (exact) mass is 448 g/mol. The minimum atomic E-state index is -0.605. The molecule has 0 radical (unpaired) electrons. The number of thioether (sulfide) groups is 1. The minimum Gasteiger partial charge on any atom is -0.455 e. The highest BCUT2D eigenvalue weighted by molar-refractivity contribution is 7.98. The summed E-state index contributed by atoms with van der Waals surface area (Å²) in [7, 11) is 0. The summed E-state index contributed by atoms with van der Waals surface area (Å²) < 4.78 is 5.82. The third-order valence-corrected chi connectivity index (χ3v) is 7.12. The van der Waals surface area contributed by atoms with Gasteiger partial charge in [0, 0.05) is 25.0 Å². The first-order valence-corrected chi connectivity index (χ1v) is 11.7. The van der Waals surface area contributed by atoms with E-state index in [4.69, 9.17) is 4.42 Å². The molecule has 4 heterocycles. The van der Waals surface area contributed by atoms with E-state index >= 15 is 0 Å². The van der Waals surface area contributed by atoms with Crippen LogP contribution in [0.15, 0.2) is 76.3 Å². The van der Waals surface area contributed by atoms with Crippen molar-refractivity contribution in [3.8, 4) is 0 Å². The van der Waals surface area contributed by atoms with Crippen molar-refractivity contribution in [1.82, 2.24) is 15.2 Å². The molecule has 0 aliphatic carbocycles. The number of hydrogen-bond acceptors (Lipinski definition) is 6. The number of hydrogen-bond donors (Lipinski definition) is 1. The van der Waals surface area contributed by atoms with E-state index in [0.717, 1.165) is 16.5 Å². The lowest BCUT2D eigenvalue weighted by atomic mass is 9.85. The van der Waals surface area contributed by atoms with Gasteiger partial charge in [0.15, 0.2) is 5.76 Å². The maximum atomic E-state index is 13.0. The number of carbonyl (C=O) groups is 2. The van der Waals surface area contributed by atoms with Crippen LogP contribution in [-0.4, -0.2) is 47.0 Å². The van der Waals surface area contributed by atoms with Crippen molar-refractivity contribution in [2.24, 2.45) is 0 Å². The molecule has 1 aromatic carbocycles. The number of nitrogens with one attached hydrogen (secondary N) is 1. The zero-order chi connectivity index (χ0) is 22.0. The predicted molar refractivity (Wildman–Crippen MR) is 122 cm³/mol.